The third-order valence-electron chi connectivity index (χ3n) is 2.81. The van der Waals surface area contributed by atoms with Crippen LogP contribution in [-0.4, -0.2) is 22.1 Å². The molecule has 0 atom stereocenters. The Labute approximate surface area is 107 Å². The molecule has 0 unspecified atom stereocenters. The molecule has 0 spiro atoms. The van der Waals surface area contributed by atoms with Crippen molar-refractivity contribution in [2.45, 2.75) is 26.6 Å². The molecule has 0 fully saturated rings. The van der Waals surface area contributed by atoms with Crippen LogP contribution in [0.5, 0.6) is 0 Å². The lowest BCUT2D eigenvalue weighted by molar-refractivity contribution is 0.176. The zero-order chi connectivity index (χ0) is 13.0. The van der Waals surface area contributed by atoms with E-state index in [9.17, 15) is 0 Å². The molecule has 1 heterocycles. The van der Waals surface area contributed by atoms with Crippen molar-refractivity contribution in [3.63, 3.8) is 0 Å². The monoisotopic (exact) mass is 246 g/mol. The molecule has 2 rings (SSSR count). The van der Waals surface area contributed by atoms with Crippen LogP contribution in [0.25, 0.3) is 0 Å². The second-order valence-corrected chi connectivity index (χ2v) is 4.27. The molecule has 1 aromatic carbocycles. The lowest BCUT2D eigenvalue weighted by Gasteiger charge is -2.07. The zero-order valence-electron chi connectivity index (χ0n) is 10.8. The number of ether oxygens (including phenoxy) is 1. The van der Waals surface area contributed by atoms with Crippen LogP contribution < -0.4 is 5.73 Å². The van der Waals surface area contributed by atoms with Gasteiger partial charge in [-0.15, -0.1) is 5.10 Å². The fourth-order valence-electron chi connectivity index (χ4n) is 1.93. The highest BCUT2D eigenvalue weighted by atomic mass is 16.5. The first-order chi connectivity index (χ1) is 8.74. The number of hydrogen-bond acceptors (Lipinski definition) is 4. The molecule has 5 nitrogen and oxygen atoms in total. The van der Waals surface area contributed by atoms with Crippen LogP contribution in [0.2, 0.25) is 0 Å². The second-order valence-electron chi connectivity index (χ2n) is 4.27. The summed E-state index contributed by atoms with van der Waals surface area (Å²) in [7, 11) is 1.66. The van der Waals surface area contributed by atoms with Crippen molar-refractivity contribution in [2.75, 3.05) is 7.11 Å². The Morgan fingerprint density at radius 3 is 2.89 bits per heavy atom. The Morgan fingerprint density at radius 1 is 1.39 bits per heavy atom. The van der Waals surface area contributed by atoms with E-state index in [4.69, 9.17) is 10.5 Å². The maximum Gasteiger partial charge on any atom is 0.102 e. The molecule has 0 aliphatic rings. The van der Waals surface area contributed by atoms with Gasteiger partial charge in [0.15, 0.2) is 0 Å². The van der Waals surface area contributed by atoms with E-state index in [2.05, 4.69) is 35.4 Å². The van der Waals surface area contributed by atoms with E-state index in [1.165, 1.54) is 11.1 Å². The second kappa shape index (κ2) is 5.75. The van der Waals surface area contributed by atoms with Crippen molar-refractivity contribution in [1.82, 2.24) is 15.0 Å². The average molecular weight is 246 g/mol. The van der Waals surface area contributed by atoms with Gasteiger partial charge in [-0.05, 0) is 12.5 Å². The minimum atomic E-state index is 0.381. The smallest absolute Gasteiger partial charge is 0.102 e. The van der Waals surface area contributed by atoms with Gasteiger partial charge in [-0.2, -0.15) is 0 Å². The number of benzene rings is 1. The minimum absolute atomic E-state index is 0.381. The minimum Gasteiger partial charge on any atom is -0.378 e. The van der Waals surface area contributed by atoms with Gasteiger partial charge in [-0.3, -0.25) is 0 Å². The largest absolute Gasteiger partial charge is 0.378 e. The van der Waals surface area contributed by atoms with Gasteiger partial charge in [0.2, 0.25) is 0 Å². The molecule has 0 amide bonds. The van der Waals surface area contributed by atoms with Gasteiger partial charge in [0.1, 0.15) is 5.69 Å². The van der Waals surface area contributed by atoms with Crippen LogP contribution >= 0.6 is 0 Å². The predicted molar refractivity (Wildman–Crippen MR) is 68.9 cm³/mol. The summed E-state index contributed by atoms with van der Waals surface area (Å²) >= 11 is 0. The summed E-state index contributed by atoms with van der Waals surface area (Å²) in [6, 6.07) is 8.33. The van der Waals surface area contributed by atoms with E-state index in [0.29, 0.717) is 19.7 Å². The molecule has 0 aliphatic carbocycles. The lowest BCUT2D eigenvalue weighted by atomic mass is 10.1. The Kier molecular flexibility index (Phi) is 4.07. The average Bonchev–Trinajstić information content (AvgIpc) is 2.72. The highest BCUT2D eigenvalue weighted by molar-refractivity contribution is 5.23. The summed E-state index contributed by atoms with van der Waals surface area (Å²) in [5.41, 5.74) is 9.81. The molecule has 0 aliphatic heterocycles. The molecule has 96 valence electrons. The van der Waals surface area contributed by atoms with Crippen LogP contribution in [0.15, 0.2) is 24.3 Å². The molecule has 1 aromatic heterocycles. The van der Waals surface area contributed by atoms with Crippen molar-refractivity contribution < 1.29 is 4.74 Å². The van der Waals surface area contributed by atoms with Crippen molar-refractivity contribution >= 4 is 0 Å². The van der Waals surface area contributed by atoms with Crippen LogP contribution in [-0.2, 0) is 24.4 Å². The number of hydrogen-bond donors (Lipinski definition) is 1. The molecule has 0 bridgehead atoms. The van der Waals surface area contributed by atoms with Crippen molar-refractivity contribution in [1.29, 1.82) is 0 Å². The molecule has 18 heavy (non-hydrogen) atoms. The van der Waals surface area contributed by atoms with Gasteiger partial charge in [0.25, 0.3) is 0 Å². The Bertz CT molecular complexity index is 521. The van der Waals surface area contributed by atoms with E-state index in [0.717, 1.165) is 11.4 Å². The van der Waals surface area contributed by atoms with Gasteiger partial charge < -0.3 is 10.5 Å². The summed E-state index contributed by atoms with van der Waals surface area (Å²) in [5, 5.41) is 8.22. The SMILES string of the molecule is COCc1c(CN)nnn1Cc1cccc(C)c1. The van der Waals surface area contributed by atoms with Gasteiger partial charge in [0, 0.05) is 13.7 Å². The van der Waals surface area contributed by atoms with Gasteiger partial charge >= 0.3 is 0 Å². The van der Waals surface area contributed by atoms with Crippen molar-refractivity contribution in [3.8, 4) is 0 Å². The first kappa shape index (κ1) is 12.7. The molecule has 0 saturated heterocycles. The third kappa shape index (κ3) is 2.75. The van der Waals surface area contributed by atoms with Crippen LogP contribution in [0.4, 0.5) is 0 Å². The van der Waals surface area contributed by atoms with Crippen LogP contribution in [0.1, 0.15) is 22.5 Å². The topological polar surface area (TPSA) is 66.0 Å². The van der Waals surface area contributed by atoms with Gasteiger partial charge in [0.05, 0.1) is 18.8 Å². The number of methoxy groups -OCH3 is 1. The number of aryl methyl sites for hydroxylation is 1. The normalized spacial score (nSPS) is 10.8. The third-order valence-corrected chi connectivity index (χ3v) is 2.81. The number of nitrogens with zero attached hydrogens (tertiary/aromatic N) is 3. The Balaban J connectivity index is 2.25. The molecule has 2 aromatic rings. The van der Waals surface area contributed by atoms with E-state index < -0.39 is 0 Å². The Morgan fingerprint density at radius 2 is 2.22 bits per heavy atom. The Hall–Kier alpha value is -1.72. The van der Waals surface area contributed by atoms with Gasteiger partial charge in [-0.25, -0.2) is 4.68 Å². The zero-order valence-corrected chi connectivity index (χ0v) is 10.8. The van der Waals surface area contributed by atoms with E-state index in [-0.39, 0.29) is 0 Å². The first-order valence-electron chi connectivity index (χ1n) is 5.90. The maximum absolute atomic E-state index is 5.64. The fraction of sp³-hybridized carbons (Fsp3) is 0.385. The van der Waals surface area contributed by atoms with Crippen LogP contribution in [0, 0.1) is 6.92 Å². The number of aromatic nitrogens is 3. The molecule has 0 saturated carbocycles. The van der Waals surface area contributed by atoms with Crippen molar-refractivity contribution in [3.05, 3.63) is 46.8 Å². The highest BCUT2D eigenvalue weighted by Gasteiger charge is 2.11. The fourth-order valence-corrected chi connectivity index (χ4v) is 1.93. The summed E-state index contributed by atoms with van der Waals surface area (Å²) in [4.78, 5) is 0. The van der Waals surface area contributed by atoms with Crippen molar-refractivity contribution in [2.24, 2.45) is 5.73 Å². The number of nitrogens with two attached hydrogens (primary N) is 1. The molecular weight excluding hydrogens is 228 g/mol. The number of rotatable bonds is 5. The summed E-state index contributed by atoms with van der Waals surface area (Å²) < 4.78 is 7.02. The molecule has 2 N–H and O–H groups in total. The predicted octanol–water partition coefficient (Wildman–Crippen LogP) is 1.24. The summed E-state index contributed by atoms with van der Waals surface area (Å²) in [5.74, 6) is 0. The summed E-state index contributed by atoms with van der Waals surface area (Å²) in [6.07, 6.45) is 0. The first-order valence-corrected chi connectivity index (χ1v) is 5.90. The molecular formula is C13H18N4O. The summed E-state index contributed by atoms with van der Waals surface area (Å²) in [6.45, 7) is 3.62. The van der Waals surface area contributed by atoms with Crippen LogP contribution in [0.3, 0.4) is 0 Å². The van der Waals surface area contributed by atoms with E-state index in [1.807, 2.05) is 10.7 Å². The molecule has 5 heteroatoms. The quantitative estimate of drug-likeness (QED) is 0.862. The lowest BCUT2D eigenvalue weighted by Crippen LogP contribution is -2.09. The van der Waals surface area contributed by atoms with E-state index >= 15 is 0 Å². The maximum atomic E-state index is 5.64. The molecule has 0 radical (unpaired) electrons. The standard InChI is InChI=1S/C13H18N4O/c1-10-4-3-5-11(6-10)8-17-13(9-18-2)12(7-14)15-16-17/h3-6H,7-9,14H2,1-2H3. The highest BCUT2D eigenvalue weighted by Crippen LogP contribution is 2.11. The van der Waals surface area contributed by atoms with Gasteiger partial charge in [-0.1, -0.05) is 35.0 Å². The van der Waals surface area contributed by atoms with E-state index in [1.54, 1.807) is 7.11 Å².